The average Bonchev–Trinajstić information content (AvgIpc) is 3.31. The Kier molecular flexibility index (Phi) is 10.7. The van der Waals surface area contributed by atoms with Crippen LogP contribution in [-0.4, -0.2) is 15.7 Å². The van der Waals surface area contributed by atoms with Crippen LogP contribution in [0.5, 0.6) is 0 Å². The molecule has 2 aliphatic rings. The summed E-state index contributed by atoms with van der Waals surface area (Å²) in [4.78, 5) is 15.5. The van der Waals surface area contributed by atoms with Gasteiger partial charge in [0, 0.05) is 33.4 Å². The van der Waals surface area contributed by atoms with Crippen molar-refractivity contribution in [2.24, 2.45) is 4.99 Å². The summed E-state index contributed by atoms with van der Waals surface area (Å²) in [5.74, 6) is 0.760. The standard InChI is InChI=1S/C57H49N3/c1-39(49-27-15-23-42-19-11-13-25-50(42)49)37-53(58-40(2)41-17-7-5-8-18-41)44-29-33-47(34-30-44)57(3,4)48-35-31-45(32-36-48)54-38-55(60-56(59-54)46-21-9-6-10-22-46)52-28-16-24-43-20-12-14-26-51(43)52/h5,7-9,12-18,20-38H,1,6,10-11,19H2,2-4H3/b53-37-,58-40+. The number of aryl methyl sites for hydroxylation is 1. The predicted molar refractivity (Wildman–Crippen MR) is 255 cm³/mol. The number of rotatable bonds is 10. The monoisotopic (exact) mass is 775 g/mol. The second kappa shape index (κ2) is 16.7. The minimum atomic E-state index is -0.258. The summed E-state index contributed by atoms with van der Waals surface area (Å²) >= 11 is 0. The van der Waals surface area contributed by atoms with E-state index in [9.17, 15) is 0 Å². The van der Waals surface area contributed by atoms with Crippen LogP contribution in [0.25, 0.3) is 56.2 Å². The van der Waals surface area contributed by atoms with Gasteiger partial charge in [0.2, 0.25) is 0 Å². The maximum Gasteiger partial charge on any atom is 0.160 e. The molecule has 0 unspecified atom stereocenters. The number of aromatic nitrogens is 2. The molecule has 292 valence electrons. The van der Waals surface area contributed by atoms with E-state index >= 15 is 0 Å². The molecule has 6 aromatic carbocycles. The predicted octanol–water partition coefficient (Wildman–Crippen LogP) is 14.5. The topological polar surface area (TPSA) is 38.1 Å². The third-order valence-corrected chi connectivity index (χ3v) is 12.0. The van der Waals surface area contributed by atoms with Gasteiger partial charge in [0.1, 0.15) is 0 Å². The summed E-state index contributed by atoms with van der Waals surface area (Å²) in [5.41, 5.74) is 16.0. The zero-order chi connectivity index (χ0) is 41.1. The van der Waals surface area contributed by atoms with Crippen LogP contribution < -0.4 is 0 Å². The van der Waals surface area contributed by atoms with Crippen molar-refractivity contribution >= 4 is 39.4 Å². The maximum absolute atomic E-state index is 5.24. The lowest BCUT2D eigenvalue weighted by atomic mass is 9.77. The molecule has 7 aromatic rings. The van der Waals surface area contributed by atoms with E-state index in [2.05, 4.69) is 203 Å². The van der Waals surface area contributed by atoms with Crippen molar-refractivity contribution in [3.8, 4) is 22.5 Å². The minimum absolute atomic E-state index is 0.258. The van der Waals surface area contributed by atoms with Crippen molar-refractivity contribution < 1.29 is 0 Å². The van der Waals surface area contributed by atoms with Crippen LogP contribution in [-0.2, 0) is 11.8 Å². The highest BCUT2D eigenvalue weighted by Crippen LogP contribution is 2.37. The number of hydrogen-bond donors (Lipinski definition) is 0. The van der Waals surface area contributed by atoms with Crippen LogP contribution in [0, 0.1) is 0 Å². The first-order valence-electron chi connectivity index (χ1n) is 21.1. The molecule has 0 aliphatic heterocycles. The molecule has 0 saturated heterocycles. The number of allylic oxidation sites excluding steroid dienone is 7. The fraction of sp³-hybridized carbons (Fsp3) is 0.140. The Bertz CT molecular complexity index is 2880. The van der Waals surface area contributed by atoms with E-state index in [0.29, 0.717) is 0 Å². The van der Waals surface area contributed by atoms with Crippen LogP contribution in [0.1, 0.15) is 84.8 Å². The minimum Gasteiger partial charge on any atom is -0.252 e. The van der Waals surface area contributed by atoms with Crippen LogP contribution >= 0.6 is 0 Å². The highest BCUT2D eigenvalue weighted by Gasteiger charge is 2.24. The lowest BCUT2D eigenvalue weighted by Gasteiger charge is -2.26. The van der Waals surface area contributed by atoms with E-state index in [1.165, 1.54) is 33.0 Å². The Labute approximate surface area is 354 Å². The van der Waals surface area contributed by atoms with Crippen molar-refractivity contribution in [2.75, 3.05) is 0 Å². The first-order valence-corrected chi connectivity index (χ1v) is 21.1. The molecule has 0 bridgehead atoms. The largest absolute Gasteiger partial charge is 0.252 e. The zero-order valence-electron chi connectivity index (χ0n) is 34.7. The molecule has 1 aromatic heterocycles. The van der Waals surface area contributed by atoms with E-state index in [-0.39, 0.29) is 5.41 Å². The third-order valence-electron chi connectivity index (χ3n) is 12.0. The zero-order valence-corrected chi connectivity index (χ0v) is 34.7. The fourth-order valence-electron chi connectivity index (χ4n) is 8.47. The van der Waals surface area contributed by atoms with Crippen LogP contribution in [0.4, 0.5) is 0 Å². The number of aliphatic imine (C=N–C) groups is 1. The molecular weight excluding hydrogens is 727 g/mol. The molecule has 0 N–H and O–H groups in total. The first-order chi connectivity index (χ1) is 29.3. The Morgan fingerprint density at radius 2 is 1.37 bits per heavy atom. The van der Waals surface area contributed by atoms with Gasteiger partial charge in [-0.25, -0.2) is 9.97 Å². The van der Waals surface area contributed by atoms with Crippen molar-refractivity contribution in [1.82, 2.24) is 9.97 Å². The third kappa shape index (κ3) is 7.92. The van der Waals surface area contributed by atoms with E-state index in [4.69, 9.17) is 15.0 Å². The number of fused-ring (bicyclic) bond motifs is 2. The Morgan fingerprint density at radius 3 is 2.15 bits per heavy atom. The molecule has 0 spiro atoms. The Morgan fingerprint density at radius 1 is 0.667 bits per heavy atom. The van der Waals surface area contributed by atoms with Gasteiger partial charge in [0.05, 0.1) is 17.1 Å². The number of benzene rings is 6. The van der Waals surface area contributed by atoms with Crippen LogP contribution in [0.2, 0.25) is 0 Å². The second-order valence-corrected chi connectivity index (χ2v) is 16.3. The Hall–Kier alpha value is -6.97. The summed E-state index contributed by atoms with van der Waals surface area (Å²) in [6.45, 7) is 11.2. The van der Waals surface area contributed by atoms with Gasteiger partial charge < -0.3 is 0 Å². The van der Waals surface area contributed by atoms with E-state index < -0.39 is 0 Å². The Balaban J connectivity index is 1.04. The smallest absolute Gasteiger partial charge is 0.160 e. The SMILES string of the molecule is C=C(/C=C(\N=C(/C)c1ccccc1)c1ccc(C(C)(C)c2ccc(-c3cc(-c4cccc5ccccc45)nc(C4=CCCC=C4)n3)cc2)cc1)c1cccc2c1C=CCC2. The van der Waals surface area contributed by atoms with Crippen LogP contribution in [0.15, 0.2) is 188 Å². The van der Waals surface area contributed by atoms with E-state index in [0.717, 1.165) is 93.3 Å². The van der Waals surface area contributed by atoms with E-state index in [1.807, 2.05) is 6.07 Å². The van der Waals surface area contributed by atoms with Gasteiger partial charge in [-0.2, -0.15) is 0 Å². The average molecular weight is 776 g/mol. The summed E-state index contributed by atoms with van der Waals surface area (Å²) in [7, 11) is 0. The van der Waals surface area contributed by atoms with Gasteiger partial charge in [-0.3, -0.25) is 4.99 Å². The molecular formula is C57H49N3. The molecule has 0 saturated carbocycles. The van der Waals surface area contributed by atoms with Gasteiger partial charge >= 0.3 is 0 Å². The lowest BCUT2D eigenvalue weighted by molar-refractivity contribution is 0.641. The molecule has 0 amide bonds. The van der Waals surface area contributed by atoms with E-state index in [1.54, 1.807) is 0 Å². The van der Waals surface area contributed by atoms with Crippen molar-refractivity contribution in [3.63, 3.8) is 0 Å². The molecule has 0 radical (unpaired) electrons. The normalized spacial score (nSPS) is 14.2. The molecule has 3 nitrogen and oxygen atoms in total. The van der Waals surface area contributed by atoms with Gasteiger partial charge in [-0.1, -0.05) is 190 Å². The highest BCUT2D eigenvalue weighted by atomic mass is 14.9. The van der Waals surface area contributed by atoms with Crippen molar-refractivity contribution in [1.29, 1.82) is 0 Å². The molecule has 1 heterocycles. The summed E-state index contributed by atoms with van der Waals surface area (Å²) < 4.78 is 0. The molecule has 2 aliphatic carbocycles. The summed E-state index contributed by atoms with van der Waals surface area (Å²) in [5, 5.41) is 2.38. The molecule has 9 rings (SSSR count). The van der Waals surface area contributed by atoms with Crippen molar-refractivity contribution in [2.45, 2.75) is 51.9 Å². The molecule has 0 atom stereocenters. The first kappa shape index (κ1) is 38.5. The van der Waals surface area contributed by atoms with Gasteiger partial charge in [0.25, 0.3) is 0 Å². The molecule has 60 heavy (non-hydrogen) atoms. The summed E-state index contributed by atoms with van der Waals surface area (Å²) in [6, 6.07) is 51.9. The second-order valence-electron chi connectivity index (χ2n) is 16.3. The quantitative estimate of drug-likeness (QED) is 0.102. The molecule has 3 heteroatoms. The fourth-order valence-corrected chi connectivity index (χ4v) is 8.47. The van der Waals surface area contributed by atoms with Gasteiger partial charge in [0.15, 0.2) is 5.82 Å². The number of nitrogens with zero attached hydrogens (tertiary/aromatic N) is 3. The van der Waals surface area contributed by atoms with Crippen molar-refractivity contribution in [3.05, 3.63) is 227 Å². The van der Waals surface area contributed by atoms with Crippen LogP contribution in [0.3, 0.4) is 0 Å². The lowest BCUT2D eigenvalue weighted by Crippen LogP contribution is -2.18. The van der Waals surface area contributed by atoms with Gasteiger partial charge in [-0.05, 0) is 94.5 Å². The summed E-state index contributed by atoms with van der Waals surface area (Å²) in [6.07, 6.45) is 17.4. The van der Waals surface area contributed by atoms with Gasteiger partial charge in [-0.15, -0.1) is 0 Å². The number of hydrogen-bond acceptors (Lipinski definition) is 3. The highest BCUT2D eigenvalue weighted by molar-refractivity contribution is 6.02. The maximum atomic E-state index is 5.24. The molecule has 0 fully saturated rings.